The normalized spacial score (nSPS) is 23.1. The first-order valence-corrected chi connectivity index (χ1v) is 6.75. The van der Waals surface area contributed by atoms with Crippen molar-refractivity contribution in [3.8, 4) is 0 Å². The molecular formula is C15H21FN2O. The molecule has 1 aliphatic rings. The summed E-state index contributed by atoms with van der Waals surface area (Å²) in [5, 5.41) is 6.26. The van der Waals surface area contributed by atoms with Crippen molar-refractivity contribution >= 4 is 5.91 Å². The minimum absolute atomic E-state index is 0.0935. The molecule has 1 aromatic carbocycles. The average molecular weight is 264 g/mol. The minimum Gasteiger partial charge on any atom is -0.351 e. The molecule has 4 heteroatoms. The van der Waals surface area contributed by atoms with Gasteiger partial charge in [0, 0.05) is 18.7 Å². The summed E-state index contributed by atoms with van der Waals surface area (Å²) in [6.07, 6.45) is 2.23. The van der Waals surface area contributed by atoms with E-state index in [1.807, 2.05) is 0 Å². The van der Waals surface area contributed by atoms with E-state index < -0.39 is 0 Å². The molecule has 0 aliphatic carbocycles. The number of amides is 1. The number of halogens is 1. The summed E-state index contributed by atoms with van der Waals surface area (Å²) in [5.74, 6) is -0.565. The van der Waals surface area contributed by atoms with Crippen LogP contribution in [0.2, 0.25) is 0 Å². The van der Waals surface area contributed by atoms with Gasteiger partial charge in [0.25, 0.3) is 5.91 Å². The topological polar surface area (TPSA) is 41.1 Å². The summed E-state index contributed by atoms with van der Waals surface area (Å²) in [4.78, 5) is 12.0. The largest absolute Gasteiger partial charge is 0.351 e. The van der Waals surface area contributed by atoms with Crippen molar-refractivity contribution in [2.75, 3.05) is 19.6 Å². The van der Waals surface area contributed by atoms with Crippen molar-refractivity contribution in [2.45, 2.75) is 26.7 Å². The lowest BCUT2D eigenvalue weighted by atomic mass is 9.83. The van der Waals surface area contributed by atoms with Crippen LogP contribution in [0.1, 0.15) is 35.7 Å². The van der Waals surface area contributed by atoms with E-state index in [0.717, 1.165) is 31.5 Å². The van der Waals surface area contributed by atoms with Gasteiger partial charge in [0.05, 0.1) is 0 Å². The number of piperidine rings is 1. The lowest BCUT2D eigenvalue weighted by Crippen LogP contribution is -2.45. The van der Waals surface area contributed by atoms with Crippen LogP contribution >= 0.6 is 0 Å². The van der Waals surface area contributed by atoms with E-state index in [2.05, 4.69) is 17.6 Å². The van der Waals surface area contributed by atoms with Gasteiger partial charge in [-0.05, 0) is 55.5 Å². The molecule has 1 unspecified atom stereocenters. The first-order chi connectivity index (χ1) is 8.98. The van der Waals surface area contributed by atoms with Crippen LogP contribution in [0.15, 0.2) is 18.2 Å². The molecule has 19 heavy (non-hydrogen) atoms. The zero-order valence-corrected chi connectivity index (χ0v) is 11.6. The van der Waals surface area contributed by atoms with Gasteiger partial charge in [0.1, 0.15) is 5.82 Å². The number of rotatable bonds is 3. The molecule has 0 spiro atoms. The first-order valence-electron chi connectivity index (χ1n) is 6.75. The number of carbonyl (C=O) groups excluding carboxylic acids is 1. The van der Waals surface area contributed by atoms with Crippen LogP contribution < -0.4 is 10.6 Å². The van der Waals surface area contributed by atoms with Crippen LogP contribution in [0.4, 0.5) is 4.39 Å². The minimum atomic E-state index is -0.365. The van der Waals surface area contributed by atoms with Gasteiger partial charge in [0.2, 0.25) is 0 Å². The van der Waals surface area contributed by atoms with E-state index in [1.54, 1.807) is 13.0 Å². The van der Waals surface area contributed by atoms with Crippen LogP contribution in [-0.4, -0.2) is 25.5 Å². The molecule has 104 valence electrons. The van der Waals surface area contributed by atoms with Crippen LogP contribution in [0.5, 0.6) is 0 Å². The van der Waals surface area contributed by atoms with Gasteiger partial charge < -0.3 is 10.6 Å². The quantitative estimate of drug-likeness (QED) is 0.879. The maximum absolute atomic E-state index is 13.3. The molecule has 1 amide bonds. The molecular weight excluding hydrogens is 243 g/mol. The fourth-order valence-electron chi connectivity index (χ4n) is 2.53. The Morgan fingerprint density at radius 2 is 2.26 bits per heavy atom. The summed E-state index contributed by atoms with van der Waals surface area (Å²) in [5.41, 5.74) is 1.25. The lowest BCUT2D eigenvalue weighted by molar-refractivity contribution is 0.0924. The summed E-state index contributed by atoms with van der Waals surface area (Å²) in [7, 11) is 0. The Hall–Kier alpha value is -1.42. The van der Waals surface area contributed by atoms with Gasteiger partial charge in [-0.2, -0.15) is 0 Å². The number of hydrogen-bond acceptors (Lipinski definition) is 2. The standard InChI is InChI=1S/C15H21FN2O/c1-11-6-12(8-13(16)7-11)14(19)18-10-15(2)4-3-5-17-9-15/h6-8,17H,3-5,9-10H2,1-2H3,(H,18,19). The van der Waals surface area contributed by atoms with Gasteiger partial charge in [-0.25, -0.2) is 4.39 Å². The van der Waals surface area contributed by atoms with Gasteiger partial charge in [-0.1, -0.05) is 6.92 Å². The number of aryl methyl sites for hydroxylation is 1. The molecule has 1 heterocycles. The second-order valence-electron chi connectivity index (χ2n) is 5.79. The molecule has 2 N–H and O–H groups in total. The molecule has 0 aromatic heterocycles. The smallest absolute Gasteiger partial charge is 0.251 e. The third kappa shape index (κ3) is 3.77. The van der Waals surface area contributed by atoms with E-state index in [9.17, 15) is 9.18 Å². The summed E-state index contributed by atoms with van der Waals surface area (Å²) in [6.45, 7) is 6.53. The number of carbonyl (C=O) groups is 1. The Bertz CT molecular complexity index is 447. The molecule has 1 saturated heterocycles. The fourth-order valence-corrected chi connectivity index (χ4v) is 2.53. The van der Waals surface area contributed by atoms with Crippen molar-refractivity contribution < 1.29 is 9.18 Å². The molecule has 3 nitrogen and oxygen atoms in total. The van der Waals surface area contributed by atoms with Crippen LogP contribution in [0.3, 0.4) is 0 Å². The Balaban J connectivity index is 1.97. The van der Waals surface area contributed by atoms with Crippen LogP contribution in [0.25, 0.3) is 0 Å². The fraction of sp³-hybridized carbons (Fsp3) is 0.533. The predicted octanol–water partition coefficient (Wildman–Crippen LogP) is 2.25. The highest BCUT2D eigenvalue weighted by molar-refractivity contribution is 5.94. The van der Waals surface area contributed by atoms with E-state index in [1.165, 1.54) is 12.1 Å². The second-order valence-corrected chi connectivity index (χ2v) is 5.79. The molecule has 1 fully saturated rings. The van der Waals surface area contributed by atoms with Gasteiger partial charge in [0.15, 0.2) is 0 Å². The molecule has 0 saturated carbocycles. The summed E-state index contributed by atoms with van der Waals surface area (Å²) < 4.78 is 13.3. The number of hydrogen-bond donors (Lipinski definition) is 2. The molecule has 0 bridgehead atoms. The molecule has 1 aromatic rings. The van der Waals surface area contributed by atoms with Crippen LogP contribution in [-0.2, 0) is 0 Å². The number of nitrogens with one attached hydrogen (secondary N) is 2. The van der Waals surface area contributed by atoms with Crippen molar-refractivity contribution in [1.29, 1.82) is 0 Å². The van der Waals surface area contributed by atoms with Gasteiger partial charge in [-0.15, -0.1) is 0 Å². The summed E-state index contributed by atoms with van der Waals surface area (Å²) in [6, 6.07) is 4.41. The number of benzene rings is 1. The highest BCUT2D eigenvalue weighted by Gasteiger charge is 2.27. The summed E-state index contributed by atoms with van der Waals surface area (Å²) >= 11 is 0. The first kappa shape index (κ1) is 14.0. The van der Waals surface area contributed by atoms with Crippen molar-refractivity contribution in [1.82, 2.24) is 10.6 Å². The Morgan fingerprint density at radius 3 is 2.89 bits per heavy atom. The Kier molecular flexibility index (Phi) is 4.20. The maximum atomic E-state index is 13.3. The third-order valence-corrected chi connectivity index (χ3v) is 3.67. The van der Waals surface area contributed by atoms with Gasteiger partial charge in [-0.3, -0.25) is 4.79 Å². The Labute approximate surface area is 113 Å². The molecule has 1 atom stereocenters. The highest BCUT2D eigenvalue weighted by Crippen LogP contribution is 2.24. The van der Waals surface area contributed by atoms with Gasteiger partial charge >= 0.3 is 0 Å². The second kappa shape index (κ2) is 5.70. The zero-order chi connectivity index (χ0) is 13.9. The van der Waals surface area contributed by atoms with Crippen molar-refractivity contribution in [3.05, 3.63) is 35.1 Å². The Morgan fingerprint density at radius 1 is 1.47 bits per heavy atom. The molecule has 0 radical (unpaired) electrons. The monoisotopic (exact) mass is 264 g/mol. The van der Waals surface area contributed by atoms with E-state index in [0.29, 0.717) is 12.1 Å². The average Bonchev–Trinajstić information content (AvgIpc) is 2.36. The zero-order valence-electron chi connectivity index (χ0n) is 11.6. The SMILES string of the molecule is Cc1cc(F)cc(C(=O)NCC2(C)CCCNC2)c1. The van der Waals surface area contributed by atoms with E-state index in [-0.39, 0.29) is 17.1 Å². The molecule has 2 rings (SSSR count). The van der Waals surface area contributed by atoms with Crippen LogP contribution in [0, 0.1) is 18.2 Å². The van der Waals surface area contributed by atoms with E-state index >= 15 is 0 Å². The maximum Gasteiger partial charge on any atom is 0.251 e. The van der Waals surface area contributed by atoms with Crippen molar-refractivity contribution in [2.24, 2.45) is 5.41 Å². The van der Waals surface area contributed by atoms with Crippen molar-refractivity contribution in [3.63, 3.8) is 0 Å². The molecule has 1 aliphatic heterocycles. The predicted molar refractivity (Wildman–Crippen MR) is 73.7 cm³/mol. The van der Waals surface area contributed by atoms with E-state index in [4.69, 9.17) is 0 Å². The third-order valence-electron chi connectivity index (χ3n) is 3.67. The lowest BCUT2D eigenvalue weighted by Gasteiger charge is -2.34. The highest BCUT2D eigenvalue weighted by atomic mass is 19.1.